The fraction of sp³-hybridized carbons (Fsp3) is 0.360. The van der Waals surface area contributed by atoms with Gasteiger partial charge >= 0.3 is 0 Å². The highest BCUT2D eigenvalue weighted by Crippen LogP contribution is 2.20. The Morgan fingerprint density at radius 1 is 1.13 bits per heavy atom. The minimum atomic E-state index is 0.136. The molecule has 0 saturated heterocycles. The van der Waals surface area contributed by atoms with Gasteiger partial charge in [-0.25, -0.2) is 4.98 Å². The molecule has 1 heterocycles. The number of hydrogen-bond acceptors (Lipinski definition) is 4. The Balaban J connectivity index is 1.63. The van der Waals surface area contributed by atoms with E-state index in [1.807, 2.05) is 46.7 Å². The van der Waals surface area contributed by atoms with Crippen molar-refractivity contribution in [2.24, 2.45) is 0 Å². The molecule has 0 N–H and O–H groups in total. The molecule has 0 aliphatic rings. The predicted molar refractivity (Wildman–Crippen MR) is 123 cm³/mol. The molecule has 3 rings (SSSR count). The molecule has 1 atom stereocenters. The topological polar surface area (TPSA) is 42.4 Å². The van der Waals surface area contributed by atoms with Gasteiger partial charge in [0, 0.05) is 11.4 Å². The zero-order chi connectivity index (χ0) is 21.5. The van der Waals surface area contributed by atoms with Crippen LogP contribution in [0.1, 0.15) is 47.7 Å². The maximum Gasteiger partial charge on any atom is 0.227 e. The van der Waals surface area contributed by atoms with E-state index in [2.05, 4.69) is 39.8 Å². The van der Waals surface area contributed by atoms with Gasteiger partial charge in [0.2, 0.25) is 5.91 Å². The molecule has 2 aromatic carbocycles. The molecule has 0 fully saturated rings. The molecule has 3 aromatic rings. The third kappa shape index (κ3) is 5.92. The van der Waals surface area contributed by atoms with Gasteiger partial charge in [-0.3, -0.25) is 4.79 Å². The second-order valence-corrected chi connectivity index (χ2v) is 8.65. The average molecular weight is 423 g/mol. The van der Waals surface area contributed by atoms with Gasteiger partial charge in [-0.2, -0.15) is 0 Å². The lowest BCUT2D eigenvalue weighted by molar-refractivity contribution is -0.133. The Bertz CT molecular complexity index is 968. The summed E-state index contributed by atoms with van der Waals surface area (Å²) in [5.41, 5.74) is 4.43. The summed E-state index contributed by atoms with van der Waals surface area (Å²) >= 11 is 1.58. The second-order valence-electron chi connectivity index (χ2n) is 7.71. The van der Waals surface area contributed by atoms with E-state index in [0.717, 1.165) is 28.4 Å². The average Bonchev–Trinajstić information content (AvgIpc) is 3.20. The minimum Gasteiger partial charge on any atom is -0.486 e. The molecule has 158 valence electrons. The summed E-state index contributed by atoms with van der Waals surface area (Å²) in [6, 6.07) is 16.2. The summed E-state index contributed by atoms with van der Waals surface area (Å²) in [6.07, 6.45) is 1.32. The highest BCUT2D eigenvalue weighted by Gasteiger charge is 2.20. The van der Waals surface area contributed by atoms with E-state index in [4.69, 9.17) is 9.72 Å². The van der Waals surface area contributed by atoms with Gasteiger partial charge in [0.1, 0.15) is 17.4 Å². The lowest BCUT2D eigenvalue weighted by Gasteiger charge is -2.28. The van der Waals surface area contributed by atoms with Crippen molar-refractivity contribution in [3.05, 3.63) is 81.3 Å². The summed E-state index contributed by atoms with van der Waals surface area (Å²) in [6.45, 7) is 9.35. The molecule has 0 radical (unpaired) electrons. The molecular weight excluding hydrogens is 392 g/mol. The number of amides is 1. The Morgan fingerprint density at radius 2 is 1.90 bits per heavy atom. The van der Waals surface area contributed by atoms with Gasteiger partial charge in [0.25, 0.3) is 0 Å². The van der Waals surface area contributed by atoms with Crippen LogP contribution < -0.4 is 4.74 Å². The van der Waals surface area contributed by atoms with E-state index in [1.54, 1.807) is 11.3 Å². The first kappa shape index (κ1) is 22.0. The highest BCUT2D eigenvalue weighted by molar-refractivity contribution is 7.09. The largest absolute Gasteiger partial charge is 0.486 e. The van der Waals surface area contributed by atoms with Crippen LogP contribution in [0.15, 0.2) is 53.9 Å². The molecule has 1 amide bonds. The standard InChI is InChI=1S/C25H30N2O2S/c1-5-20(4)27(25(28)14-21-9-7-6-8-10-21)15-22-17-30-24(26-22)16-29-23-12-11-18(2)19(3)13-23/h6-13,17,20H,5,14-16H2,1-4H3/t20-/m1/s1. The van der Waals surface area contributed by atoms with Crippen LogP contribution in [-0.4, -0.2) is 21.8 Å². The van der Waals surface area contributed by atoms with Crippen molar-refractivity contribution in [3.63, 3.8) is 0 Å². The number of aryl methyl sites for hydroxylation is 2. The van der Waals surface area contributed by atoms with Crippen LogP contribution in [0.5, 0.6) is 5.75 Å². The fourth-order valence-electron chi connectivity index (χ4n) is 3.19. The molecule has 30 heavy (non-hydrogen) atoms. The maximum atomic E-state index is 13.0. The van der Waals surface area contributed by atoms with Crippen LogP contribution in [-0.2, 0) is 24.4 Å². The normalized spacial score (nSPS) is 11.9. The van der Waals surface area contributed by atoms with E-state index in [1.165, 1.54) is 11.1 Å². The van der Waals surface area contributed by atoms with Crippen molar-refractivity contribution in [3.8, 4) is 5.75 Å². The third-order valence-electron chi connectivity index (χ3n) is 5.41. The highest BCUT2D eigenvalue weighted by atomic mass is 32.1. The first-order chi connectivity index (χ1) is 14.5. The van der Waals surface area contributed by atoms with E-state index < -0.39 is 0 Å². The molecule has 1 aromatic heterocycles. The number of hydrogen-bond donors (Lipinski definition) is 0. The van der Waals surface area contributed by atoms with Crippen molar-refractivity contribution >= 4 is 17.2 Å². The van der Waals surface area contributed by atoms with Crippen molar-refractivity contribution in [2.45, 2.75) is 59.7 Å². The molecule has 0 saturated carbocycles. The zero-order valence-electron chi connectivity index (χ0n) is 18.2. The van der Waals surface area contributed by atoms with Gasteiger partial charge in [-0.05, 0) is 56.0 Å². The first-order valence-corrected chi connectivity index (χ1v) is 11.3. The maximum absolute atomic E-state index is 13.0. The van der Waals surface area contributed by atoms with Gasteiger partial charge in [0.05, 0.1) is 18.7 Å². The van der Waals surface area contributed by atoms with Crippen molar-refractivity contribution in [2.75, 3.05) is 0 Å². The van der Waals surface area contributed by atoms with Crippen molar-refractivity contribution in [1.82, 2.24) is 9.88 Å². The number of rotatable bonds is 9. The Morgan fingerprint density at radius 3 is 2.60 bits per heavy atom. The van der Waals surface area contributed by atoms with E-state index in [-0.39, 0.29) is 11.9 Å². The van der Waals surface area contributed by atoms with E-state index in [0.29, 0.717) is 19.6 Å². The zero-order valence-corrected chi connectivity index (χ0v) is 19.0. The summed E-state index contributed by atoms with van der Waals surface area (Å²) in [5, 5.41) is 2.95. The van der Waals surface area contributed by atoms with Gasteiger partial charge < -0.3 is 9.64 Å². The van der Waals surface area contributed by atoms with Crippen LogP contribution in [0.4, 0.5) is 0 Å². The number of carbonyl (C=O) groups is 1. The van der Waals surface area contributed by atoms with Crippen molar-refractivity contribution < 1.29 is 9.53 Å². The van der Waals surface area contributed by atoms with E-state index >= 15 is 0 Å². The Labute approximate surface area is 183 Å². The number of benzene rings is 2. The number of aromatic nitrogens is 1. The molecule has 0 aliphatic heterocycles. The number of ether oxygens (including phenoxy) is 1. The van der Waals surface area contributed by atoms with Crippen LogP contribution >= 0.6 is 11.3 Å². The molecule has 0 aliphatic carbocycles. The number of carbonyl (C=O) groups excluding carboxylic acids is 1. The lowest BCUT2D eigenvalue weighted by Crippen LogP contribution is -2.38. The van der Waals surface area contributed by atoms with Gasteiger partial charge in [-0.1, -0.05) is 43.3 Å². The van der Waals surface area contributed by atoms with Crippen molar-refractivity contribution in [1.29, 1.82) is 0 Å². The molecule has 5 heteroatoms. The number of thiazole rings is 1. The van der Waals surface area contributed by atoms with Crippen LogP contribution in [0, 0.1) is 13.8 Å². The molecular formula is C25H30N2O2S. The third-order valence-corrected chi connectivity index (χ3v) is 6.28. The molecule has 0 bridgehead atoms. The Hall–Kier alpha value is -2.66. The SMILES string of the molecule is CC[C@@H](C)N(Cc1csc(COc2ccc(C)c(C)c2)n1)C(=O)Cc1ccccc1. The first-order valence-electron chi connectivity index (χ1n) is 10.4. The second kappa shape index (κ2) is 10.4. The Kier molecular flexibility index (Phi) is 7.63. The predicted octanol–water partition coefficient (Wildman–Crippen LogP) is 5.71. The lowest BCUT2D eigenvalue weighted by atomic mass is 10.1. The molecule has 0 spiro atoms. The summed E-state index contributed by atoms with van der Waals surface area (Å²) < 4.78 is 5.91. The quantitative estimate of drug-likeness (QED) is 0.444. The smallest absolute Gasteiger partial charge is 0.227 e. The van der Waals surface area contributed by atoms with Crippen LogP contribution in [0.2, 0.25) is 0 Å². The van der Waals surface area contributed by atoms with Gasteiger partial charge in [0.15, 0.2) is 0 Å². The molecule has 4 nitrogen and oxygen atoms in total. The monoisotopic (exact) mass is 422 g/mol. The fourth-order valence-corrected chi connectivity index (χ4v) is 3.89. The number of nitrogens with zero attached hydrogens (tertiary/aromatic N) is 2. The minimum absolute atomic E-state index is 0.136. The summed E-state index contributed by atoms with van der Waals surface area (Å²) in [4.78, 5) is 19.6. The summed E-state index contributed by atoms with van der Waals surface area (Å²) in [7, 11) is 0. The van der Waals surface area contributed by atoms with Gasteiger partial charge in [-0.15, -0.1) is 11.3 Å². The molecule has 0 unspecified atom stereocenters. The van der Waals surface area contributed by atoms with Crippen LogP contribution in [0.25, 0.3) is 0 Å². The van der Waals surface area contributed by atoms with E-state index in [9.17, 15) is 4.79 Å². The van der Waals surface area contributed by atoms with Crippen LogP contribution in [0.3, 0.4) is 0 Å². The summed E-state index contributed by atoms with van der Waals surface area (Å²) in [5.74, 6) is 0.991.